The zero-order chi connectivity index (χ0) is 41.9. The van der Waals surface area contributed by atoms with Crippen LogP contribution < -0.4 is 16.4 Å². The molecule has 3 heterocycles. The largest absolute Gasteiger partial charge is 0.481 e. The van der Waals surface area contributed by atoms with Gasteiger partial charge in [0.2, 0.25) is 11.8 Å². The molecular weight excluding hydrogens is 827 g/mol. The fraction of sp³-hybridized carbons (Fsp3) is 0.640. The highest BCUT2D eigenvalue weighted by Crippen LogP contribution is 2.61. The van der Waals surface area contributed by atoms with Crippen LogP contribution in [-0.2, 0) is 55.5 Å². The number of hydrogen-bond acceptors (Lipinski definition) is 19. The van der Waals surface area contributed by atoms with Crippen LogP contribution in [0.15, 0.2) is 12.7 Å². The van der Waals surface area contributed by atoms with Crippen LogP contribution in [0.2, 0.25) is 0 Å². The van der Waals surface area contributed by atoms with Crippen molar-refractivity contribution in [3.63, 3.8) is 0 Å². The maximum Gasteiger partial charge on any atom is 0.481 e. The third-order valence-electron chi connectivity index (χ3n) is 6.81. The average Bonchev–Trinajstić information content (AvgIpc) is 3.60. The maximum absolute atomic E-state index is 12.6. The van der Waals surface area contributed by atoms with E-state index in [4.69, 9.17) is 29.4 Å². The number of fused-ring (bicyclic) bond motifs is 1. The van der Waals surface area contributed by atoms with E-state index in [0.29, 0.717) is 5.75 Å². The first kappa shape index (κ1) is 48.2. The van der Waals surface area contributed by atoms with E-state index in [-0.39, 0.29) is 41.6 Å². The Bertz CT molecular complexity index is 1810. The van der Waals surface area contributed by atoms with Crippen molar-refractivity contribution in [2.45, 2.75) is 64.8 Å². The van der Waals surface area contributed by atoms with Crippen LogP contribution in [-0.4, -0.2) is 134 Å². The van der Waals surface area contributed by atoms with Crippen molar-refractivity contribution in [1.29, 1.82) is 0 Å². The number of imidazole rings is 1. The molecule has 30 heteroatoms. The van der Waals surface area contributed by atoms with Crippen LogP contribution in [0.5, 0.6) is 0 Å². The molecule has 1 aliphatic heterocycles. The van der Waals surface area contributed by atoms with Gasteiger partial charge in [-0.3, -0.25) is 37.3 Å². The number of hydrogen-bond donors (Lipinski definition) is 10. The number of phosphoric ester groups is 3. The van der Waals surface area contributed by atoms with Crippen molar-refractivity contribution in [2.24, 2.45) is 5.41 Å². The number of rotatable bonds is 19. The molecule has 0 radical (unpaired) electrons. The molecule has 2 unspecified atom stereocenters. The lowest BCUT2D eigenvalue weighted by atomic mass is 9.87. The Labute approximate surface area is 315 Å². The van der Waals surface area contributed by atoms with Crippen LogP contribution in [0, 0.1) is 5.41 Å². The Balaban J connectivity index is 0.00000248. The summed E-state index contributed by atoms with van der Waals surface area (Å²) in [5.74, 6) is -1.92. The number of carbonyl (C=O) groups excluding carboxylic acids is 3. The highest BCUT2D eigenvalue weighted by atomic mass is 32.2. The lowest BCUT2D eigenvalue weighted by molar-refractivity contribution is -0.137. The van der Waals surface area contributed by atoms with E-state index in [0.717, 1.165) is 35.9 Å². The Morgan fingerprint density at radius 3 is 2.25 bits per heavy atom. The number of carboxylic acid groups (broad SMARTS) is 1. The molecule has 26 nitrogen and oxygen atoms in total. The van der Waals surface area contributed by atoms with E-state index in [1.54, 1.807) is 0 Å². The fourth-order valence-electron chi connectivity index (χ4n) is 4.32. The van der Waals surface area contributed by atoms with Gasteiger partial charge >= 0.3 is 23.5 Å². The van der Waals surface area contributed by atoms with Gasteiger partial charge in [-0.1, -0.05) is 25.6 Å². The molecule has 0 saturated carbocycles. The van der Waals surface area contributed by atoms with Crippen molar-refractivity contribution in [2.75, 3.05) is 37.8 Å². The molecule has 1 aliphatic rings. The number of nitrogen functional groups attached to an aromatic ring is 1. The molecular formula is C25H42N7O19P3S. The van der Waals surface area contributed by atoms with Crippen molar-refractivity contribution in [1.82, 2.24) is 30.2 Å². The Kier molecular flexibility index (Phi) is 17.9. The topological polar surface area (TPSA) is 401 Å². The third kappa shape index (κ3) is 16.2. The van der Waals surface area contributed by atoms with Gasteiger partial charge in [0.25, 0.3) is 5.97 Å². The van der Waals surface area contributed by atoms with Gasteiger partial charge in [-0.2, -0.15) is 4.31 Å². The summed E-state index contributed by atoms with van der Waals surface area (Å²) in [4.78, 5) is 94.9. The molecule has 0 aliphatic carbocycles. The average molecular weight is 870 g/mol. The molecule has 11 N–H and O–H groups in total. The molecule has 0 spiro atoms. The van der Waals surface area contributed by atoms with Crippen LogP contribution >= 0.6 is 35.2 Å². The highest BCUT2D eigenvalue weighted by molar-refractivity contribution is 8.13. The number of aliphatic hydroxyl groups is 2. The number of carbonyl (C=O) groups is 4. The van der Waals surface area contributed by atoms with Gasteiger partial charge in [-0.05, 0) is 0 Å². The summed E-state index contributed by atoms with van der Waals surface area (Å²) in [6.07, 6.45) is -6.88. The minimum Gasteiger partial charge on any atom is -0.481 e. The Morgan fingerprint density at radius 2 is 1.65 bits per heavy atom. The van der Waals surface area contributed by atoms with E-state index in [2.05, 4.69) is 34.4 Å². The molecule has 0 aromatic carbocycles. The van der Waals surface area contributed by atoms with Gasteiger partial charge in [0.1, 0.15) is 36.3 Å². The molecule has 0 bridgehead atoms. The Hall–Kier alpha value is -2.97. The first-order chi connectivity index (χ1) is 25.2. The normalized spacial score (nSPS) is 21.4. The number of carboxylic acids is 1. The first-order valence-electron chi connectivity index (χ1n) is 15.5. The number of nitrogens with zero attached hydrogens (tertiary/aromatic N) is 4. The smallest absolute Gasteiger partial charge is 0.481 e. The molecule has 2 aromatic rings. The second kappa shape index (κ2) is 20.5. The molecule has 1 fully saturated rings. The number of amides is 2. The van der Waals surface area contributed by atoms with Gasteiger partial charge in [-0.25, -0.2) is 28.6 Å². The van der Waals surface area contributed by atoms with Crippen molar-refractivity contribution in [3.05, 3.63) is 12.7 Å². The van der Waals surface area contributed by atoms with Crippen LogP contribution in [0.3, 0.4) is 0 Å². The minimum atomic E-state index is -5.56. The van der Waals surface area contributed by atoms with Gasteiger partial charge in [0.15, 0.2) is 22.8 Å². The van der Waals surface area contributed by atoms with Crippen molar-refractivity contribution >= 4 is 75.1 Å². The number of aromatic nitrogens is 4. The van der Waals surface area contributed by atoms with E-state index < -0.39 is 90.5 Å². The summed E-state index contributed by atoms with van der Waals surface area (Å²) in [6, 6.07) is 0. The van der Waals surface area contributed by atoms with E-state index >= 15 is 0 Å². The lowest BCUT2D eigenvalue weighted by Crippen LogP contribution is -2.46. The van der Waals surface area contributed by atoms with Gasteiger partial charge in [0, 0.05) is 44.5 Å². The van der Waals surface area contributed by atoms with Gasteiger partial charge in [0.05, 0.1) is 19.5 Å². The zero-order valence-corrected chi connectivity index (χ0v) is 32.9. The standard InChI is InChI=1S/C23H38N7O17P3S.C2H4O2/c1-12(31)51-7-6-25-14(32)4-5-26-21(35)18(34)23(2,3)9-44-50(41,42)47-49(39,40)43-8-13-17(46-48(36,37)38)16(33)22(45-13)30-11-29-15-19(24)27-10-28-20(15)30;1-2(3)4/h10-11,13,16-18,22,33-34H,4-9H2,1-3H3,(H,25,32)(H,26,35)(H,39,40)(H,41,42)(H2,24,27,28)(H2,36,37,38);1H3,(H,3,4)/t13-,16-,17-,18+,22-;/m1./s1. The number of nitrogens with two attached hydrogens (primary N) is 1. The first-order valence-corrected chi connectivity index (χ1v) is 21.0. The monoisotopic (exact) mass is 869 g/mol. The molecule has 3 rings (SSSR count). The summed E-state index contributed by atoms with van der Waals surface area (Å²) >= 11 is 1.03. The summed E-state index contributed by atoms with van der Waals surface area (Å²) in [5, 5.41) is 33.5. The molecule has 55 heavy (non-hydrogen) atoms. The number of ether oxygens (including phenoxy) is 1. The highest BCUT2D eigenvalue weighted by Gasteiger charge is 2.50. The fourth-order valence-corrected chi connectivity index (χ4v) is 7.65. The van der Waals surface area contributed by atoms with Gasteiger partial charge in [-0.15, -0.1) is 0 Å². The summed E-state index contributed by atoms with van der Waals surface area (Å²) in [5.41, 5.74) is 4.26. The summed E-state index contributed by atoms with van der Waals surface area (Å²) in [6.45, 7) is 2.98. The number of phosphoric acid groups is 3. The van der Waals surface area contributed by atoms with Crippen LogP contribution in [0.4, 0.5) is 5.82 Å². The quantitative estimate of drug-likeness (QED) is 0.0584. The molecule has 312 valence electrons. The summed E-state index contributed by atoms with van der Waals surface area (Å²) < 4.78 is 61.8. The van der Waals surface area contributed by atoms with Crippen LogP contribution in [0.1, 0.15) is 40.3 Å². The third-order valence-corrected chi connectivity index (χ3v) is 10.7. The lowest BCUT2D eigenvalue weighted by Gasteiger charge is -2.30. The molecule has 1 saturated heterocycles. The van der Waals surface area contributed by atoms with E-state index in [9.17, 15) is 57.9 Å². The Morgan fingerprint density at radius 1 is 1.04 bits per heavy atom. The molecule has 2 amide bonds. The van der Waals surface area contributed by atoms with Crippen molar-refractivity contribution < 1.29 is 90.4 Å². The minimum absolute atomic E-state index is 0.0310. The number of aliphatic carboxylic acids is 1. The number of nitrogens with one attached hydrogen (secondary N) is 2. The maximum atomic E-state index is 12.6. The predicted octanol–water partition coefficient (Wildman–Crippen LogP) is -1.22. The second-order valence-corrected chi connectivity index (χ2v) is 17.4. The number of thioether (sulfide) groups is 1. The SMILES string of the molecule is CC(=O)O.CC(=O)SCCNC(=O)CCNC(=O)[C@H](O)C(C)(C)COP(=O)(O)OP(=O)(O)OC[C@H]1O[C@@H](n2cnc3c(N)ncnc32)[C@H](O)[C@@H]1OP(=O)(O)O. The number of aliphatic hydroxyl groups excluding tert-OH is 2. The van der Waals surface area contributed by atoms with Gasteiger partial charge < -0.3 is 56.0 Å². The number of anilines is 1. The van der Waals surface area contributed by atoms with E-state index in [1.807, 2.05) is 0 Å². The molecule has 2 aromatic heterocycles. The predicted molar refractivity (Wildman–Crippen MR) is 186 cm³/mol. The summed E-state index contributed by atoms with van der Waals surface area (Å²) in [7, 11) is -16.4. The van der Waals surface area contributed by atoms with E-state index in [1.165, 1.54) is 20.8 Å². The molecule has 7 atom stereocenters. The second-order valence-electron chi connectivity index (χ2n) is 11.9. The van der Waals surface area contributed by atoms with Crippen molar-refractivity contribution in [3.8, 4) is 0 Å². The van der Waals surface area contributed by atoms with Crippen LogP contribution in [0.25, 0.3) is 11.2 Å². The zero-order valence-electron chi connectivity index (χ0n) is 29.4.